The van der Waals surface area contributed by atoms with E-state index >= 15 is 0 Å². The summed E-state index contributed by atoms with van der Waals surface area (Å²) in [6.07, 6.45) is 0. The third-order valence-corrected chi connectivity index (χ3v) is 3.33. The Kier molecular flexibility index (Phi) is 4.75. The number of benzene rings is 2. The molecule has 2 N–H and O–H groups in total. The summed E-state index contributed by atoms with van der Waals surface area (Å²) in [5, 5.41) is 0. The molecular formula is C16H16FNO2S. The predicted octanol–water partition coefficient (Wildman–Crippen LogP) is 3.36. The first kappa shape index (κ1) is 15.3. The van der Waals surface area contributed by atoms with Crippen LogP contribution in [0, 0.1) is 12.7 Å². The minimum atomic E-state index is -0.334. The van der Waals surface area contributed by atoms with Crippen molar-refractivity contribution < 1.29 is 13.9 Å². The fraction of sp³-hybridized carbons (Fsp3) is 0.188. The third-order valence-electron chi connectivity index (χ3n) is 3.10. The number of methoxy groups -OCH3 is 1. The molecule has 0 aliphatic rings. The lowest BCUT2D eigenvalue weighted by Gasteiger charge is -2.13. The van der Waals surface area contributed by atoms with E-state index in [9.17, 15) is 4.39 Å². The molecule has 0 bridgehead atoms. The van der Waals surface area contributed by atoms with E-state index in [4.69, 9.17) is 27.4 Å². The monoisotopic (exact) mass is 305 g/mol. The highest BCUT2D eigenvalue weighted by Gasteiger charge is 2.08. The van der Waals surface area contributed by atoms with E-state index in [2.05, 4.69) is 0 Å². The quantitative estimate of drug-likeness (QED) is 0.860. The van der Waals surface area contributed by atoms with Gasteiger partial charge >= 0.3 is 0 Å². The molecule has 0 aliphatic carbocycles. The van der Waals surface area contributed by atoms with Crippen LogP contribution in [0.25, 0.3) is 0 Å². The first-order valence-corrected chi connectivity index (χ1v) is 6.77. The molecule has 0 heterocycles. The van der Waals surface area contributed by atoms with Gasteiger partial charge in [-0.15, -0.1) is 0 Å². The number of ether oxygens (including phenoxy) is 2. The Morgan fingerprint density at radius 2 is 1.95 bits per heavy atom. The number of thiocarbonyl (C=S) groups is 1. The van der Waals surface area contributed by atoms with Gasteiger partial charge in [-0.25, -0.2) is 4.39 Å². The minimum absolute atomic E-state index is 0.240. The molecule has 5 heteroatoms. The SMILES string of the molecule is COc1ccc(C(N)=S)cc1COc1cc(F)ccc1C. The van der Waals surface area contributed by atoms with Crippen molar-refractivity contribution in [3.63, 3.8) is 0 Å². The van der Waals surface area contributed by atoms with Crippen molar-refractivity contribution in [3.05, 3.63) is 58.9 Å². The van der Waals surface area contributed by atoms with Gasteiger partial charge < -0.3 is 15.2 Å². The van der Waals surface area contributed by atoms with E-state index < -0.39 is 0 Å². The Hall–Kier alpha value is -2.14. The van der Waals surface area contributed by atoms with Crippen LogP contribution in [0.1, 0.15) is 16.7 Å². The molecule has 0 aromatic heterocycles. The molecule has 3 nitrogen and oxygen atoms in total. The van der Waals surface area contributed by atoms with Crippen LogP contribution >= 0.6 is 12.2 Å². The van der Waals surface area contributed by atoms with Crippen LogP contribution in [-0.2, 0) is 6.61 Å². The number of aryl methyl sites for hydroxylation is 1. The zero-order valence-corrected chi connectivity index (χ0v) is 12.7. The number of hydrogen-bond acceptors (Lipinski definition) is 3. The Morgan fingerprint density at radius 1 is 1.19 bits per heavy atom. The van der Waals surface area contributed by atoms with Gasteiger partial charge in [0.15, 0.2) is 0 Å². The molecule has 0 saturated heterocycles. The van der Waals surface area contributed by atoms with Crippen molar-refractivity contribution in [3.8, 4) is 11.5 Å². The van der Waals surface area contributed by atoms with Crippen molar-refractivity contribution in [1.29, 1.82) is 0 Å². The molecular weight excluding hydrogens is 289 g/mol. The molecule has 2 aromatic rings. The number of hydrogen-bond donors (Lipinski definition) is 1. The standard InChI is InChI=1S/C16H16FNO2S/c1-10-3-5-13(17)8-15(10)20-9-12-7-11(16(18)21)4-6-14(12)19-2/h3-8H,9H2,1-2H3,(H2,18,21). The topological polar surface area (TPSA) is 44.5 Å². The van der Waals surface area contributed by atoms with Crippen molar-refractivity contribution in [2.75, 3.05) is 7.11 Å². The molecule has 0 aliphatic heterocycles. The summed E-state index contributed by atoms with van der Waals surface area (Å²) in [4.78, 5) is 0.306. The fourth-order valence-corrected chi connectivity index (χ4v) is 2.06. The van der Waals surface area contributed by atoms with Crippen molar-refractivity contribution >= 4 is 17.2 Å². The van der Waals surface area contributed by atoms with Gasteiger partial charge in [0.1, 0.15) is 28.9 Å². The van der Waals surface area contributed by atoms with E-state index in [-0.39, 0.29) is 12.4 Å². The van der Waals surface area contributed by atoms with E-state index in [0.717, 1.165) is 16.7 Å². The van der Waals surface area contributed by atoms with Gasteiger partial charge in [-0.2, -0.15) is 0 Å². The Bertz CT molecular complexity index is 673. The highest BCUT2D eigenvalue weighted by molar-refractivity contribution is 7.80. The maximum atomic E-state index is 13.3. The predicted molar refractivity (Wildman–Crippen MR) is 84.4 cm³/mol. The number of rotatable bonds is 5. The van der Waals surface area contributed by atoms with Crippen LogP contribution in [0.2, 0.25) is 0 Å². The molecule has 110 valence electrons. The second-order valence-corrected chi connectivity index (χ2v) is 5.03. The lowest BCUT2D eigenvalue weighted by atomic mass is 10.1. The lowest BCUT2D eigenvalue weighted by molar-refractivity contribution is 0.293. The molecule has 2 rings (SSSR count). The first-order valence-electron chi connectivity index (χ1n) is 6.37. The molecule has 0 amide bonds. The smallest absolute Gasteiger partial charge is 0.126 e. The Morgan fingerprint density at radius 3 is 2.62 bits per heavy atom. The maximum Gasteiger partial charge on any atom is 0.126 e. The van der Waals surface area contributed by atoms with Crippen LogP contribution in [0.4, 0.5) is 4.39 Å². The van der Waals surface area contributed by atoms with Crippen molar-refractivity contribution in [1.82, 2.24) is 0 Å². The average molecular weight is 305 g/mol. The summed E-state index contributed by atoms with van der Waals surface area (Å²) in [5.74, 6) is 0.835. The average Bonchev–Trinajstić information content (AvgIpc) is 2.47. The van der Waals surface area contributed by atoms with Crippen LogP contribution in [0.15, 0.2) is 36.4 Å². The summed E-state index contributed by atoms with van der Waals surface area (Å²) < 4.78 is 24.2. The summed E-state index contributed by atoms with van der Waals surface area (Å²) in [6.45, 7) is 2.10. The zero-order valence-electron chi connectivity index (χ0n) is 11.9. The normalized spacial score (nSPS) is 10.2. The summed E-state index contributed by atoms with van der Waals surface area (Å²) in [5.41, 5.74) is 8.02. The Labute approximate surface area is 128 Å². The largest absolute Gasteiger partial charge is 0.496 e. The van der Waals surface area contributed by atoms with Gasteiger partial charge in [0, 0.05) is 17.2 Å². The highest BCUT2D eigenvalue weighted by Crippen LogP contribution is 2.24. The van der Waals surface area contributed by atoms with Gasteiger partial charge in [-0.3, -0.25) is 0 Å². The third kappa shape index (κ3) is 3.70. The molecule has 0 unspecified atom stereocenters. The Balaban J connectivity index is 2.24. The van der Waals surface area contributed by atoms with Crippen molar-refractivity contribution in [2.45, 2.75) is 13.5 Å². The van der Waals surface area contributed by atoms with E-state index in [0.29, 0.717) is 16.5 Å². The second kappa shape index (κ2) is 6.54. The summed E-state index contributed by atoms with van der Waals surface area (Å²) in [7, 11) is 1.58. The summed E-state index contributed by atoms with van der Waals surface area (Å²) in [6, 6.07) is 9.82. The molecule has 2 aromatic carbocycles. The molecule has 0 spiro atoms. The highest BCUT2D eigenvalue weighted by atomic mass is 32.1. The second-order valence-electron chi connectivity index (χ2n) is 4.59. The van der Waals surface area contributed by atoms with Gasteiger partial charge in [-0.05, 0) is 36.8 Å². The minimum Gasteiger partial charge on any atom is -0.496 e. The maximum absolute atomic E-state index is 13.3. The van der Waals surface area contributed by atoms with E-state index in [1.54, 1.807) is 25.3 Å². The van der Waals surface area contributed by atoms with Crippen LogP contribution in [0.3, 0.4) is 0 Å². The number of halogens is 1. The molecule has 0 atom stereocenters. The summed E-state index contributed by atoms with van der Waals surface area (Å²) >= 11 is 4.96. The van der Waals surface area contributed by atoms with Gasteiger partial charge in [0.2, 0.25) is 0 Å². The number of nitrogens with two attached hydrogens (primary N) is 1. The lowest BCUT2D eigenvalue weighted by Crippen LogP contribution is -2.10. The van der Waals surface area contributed by atoms with Crippen molar-refractivity contribution in [2.24, 2.45) is 5.73 Å². The fourth-order valence-electron chi connectivity index (χ4n) is 1.93. The van der Waals surface area contributed by atoms with Gasteiger partial charge in [0.25, 0.3) is 0 Å². The van der Waals surface area contributed by atoms with Crippen LogP contribution in [0.5, 0.6) is 11.5 Å². The molecule has 0 radical (unpaired) electrons. The van der Waals surface area contributed by atoms with Crippen LogP contribution < -0.4 is 15.2 Å². The van der Waals surface area contributed by atoms with Gasteiger partial charge in [0.05, 0.1) is 7.11 Å². The van der Waals surface area contributed by atoms with Gasteiger partial charge in [-0.1, -0.05) is 18.3 Å². The molecule has 0 fully saturated rings. The van der Waals surface area contributed by atoms with E-state index in [1.165, 1.54) is 12.1 Å². The van der Waals surface area contributed by atoms with E-state index in [1.807, 2.05) is 13.0 Å². The molecule has 0 saturated carbocycles. The first-order chi connectivity index (χ1) is 10.0. The molecule has 21 heavy (non-hydrogen) atoms. The zero-order chi connectivity index (χ0) is 15.4. The van der Waals surface area contributed by atoms with Crippen LogP contribution in [-0.4, -0.2) is 12.1 Å².